The predicted molar refractivity (Wildman–Crippen MR) is 166 cm³/mol. The van der Waals surface area contributed by atoms with Gasteiger partial charge in [0.2, 0.25) is 0 Å². The Morgan fingerprint density at radius 3 is 1.09 bits per heavy atom. The Morgan fingerprint density at radius 2 is 0.771 bits per heavy atom. The number of hydrogen-bond donors (Lipinski definition) is 2. The Balaban J connectivity index is -0.000000481. The molecule has 0 saturated carbocycles. The second-order valence-electron chi connectivity index (χ2n) is 8.90. The van der Waals surface area contributed by atoms with Gasteiger partial charge in [-0.3, -0.25) is 9.59 Å². The number of carbonyl (C=O) groups is 2. The zero-order valence-corrected chi connectivity index (χ0v) is 31.2. The third-order valence-electron chi connectivity index (χ3n) is 5.31. The first kappa shape index (κ1) is 40.9. The van der Waals surface area contributed by atoms with Gasteiger partial charge in [0.05, 0.1) is 11.5 Å². The SMILES string of the molecule is CCCCCCC[CH2][Sn][CH2]CCCCCCC.CCC[CH2][Sn][CH2]CCC.O=C(CS)OC(=O)CS. The van der Waals surface area contributed by atoms with Crippen LogP contribution in [0.3, 0.4) is 0 Å². The summed E-state index contributed by atoms with van der Waals surface area (Å²) in [6.07, 6.45) is 23.7. The van der Waals surface area contributed by atoms with E-state index in [0.29, 0.717) is 0 Å². The smallest absolute Gasteiger partial charge is 0.323 e. The van der Waals surface area contributed by atoms with E-state index in [1.54, 1.807) is 30.6 Å². The second-order valence-corrected chi connectivity index (χ2v) is 18.1. The Bertz CT molecular complexity index is 380. The van der Waals surface area contributed by atoms with Crippen LogP contribution in [0.5, 0.6) is 0 Å². The number of hydrogen-bond acceptors (Lipinski definition) is 5. The summed E-state index contributed by atoms with van der Waals surface area (Å²) in [5.41, 5.74) is 0. The first-order valence-electron chi connectivity index (χ1n) is 14.4. The topological polar surface area (TPSA) is 43.4 Å². The van der Waals surface area contributed by atoms with Gasteiger partial charge in [0.25, 0.3) is 0 Å². The minimum atomic E-state index is -0.641. The van der Waals surface area contributed by atoms with Crippen molar-refractivity contribution in [3.63, 3.8) is 0 Å². The zero-order chi connectivity index (χ0) is 26.8. The Morgan fingerprint density at radius 1 is 0.486 bits per heavy atom. The van der Waals surface area contributed by atoms with Crippen LogP contribution in [0, 0.1) is 0 Å². The van der Waals surface area contributed by atoms with E-state index in [2.05, 4.69) is 57.7 Å². The van der Waals surface area contributed by atoms with Crippen LogP contribution in [0.15, 0.2) is 0 Å². The van der Waals surface area contributed by atoms with Crippen molar-refractivity contribution in [1.82, 2.24) is 0 Å². The van der Waals surface area contributed by atoms with Gasteiger partial charge >= 0.3 is 202 Å². The van der Waals surface area contributed by atoms with E-state index < -0.39 is 11.9 Å². The standard InChI is InChI=1S/2C8H17.C4H6O3S2.2C4H9.2Sn/c2*1-3-5-7-8-6-4-2;5-3(1-8)7-4(6)2-9;2*1-3-4-2;;/h2*1,3-8H2,2H3;8-9H,1-2H2;2*1,3-4H2,2H3;;. The van der Waals surface area contributed by atoms with Gasteiger partial charge < -0.3 is 4.74 Å². The van der Waals surface area contributed by atoms with Crippen molar-refractivity contribution in [1.29, 1.82) is 0 Å². The first-order valence-corrected chi connectivity index (χ1v) is 23.7. The maximum Gasteiger partial charge on any atom is 0.323 e. The third-order valence-corrected chi connectivity index (χ3v) is 13.9. The van der Waals surface area contributed by atoms with E-state index in [9.17, 15) is 9.59 Å². The summed E-state index contributed by atoms with van der Waals surface area (Å²) in [5, 5.41) is 0. The molecule has 7 heteroatoms. The van der Waals surface area contributed by atoms with Gasteiger partial charge in [0, 0.05) is 0 Å². The molecule has 0 aromatic carbocycles. The zero-order valence-electron chi connectivity index (χ0n) is 23.7. The van der Waals surface area contributed by atoms with Crippen molar-refractivity contribution < 1.29 is 14.3 Å². The van der Waals surface area contributed by atoms with Crippen molar-refractivity contribution in [2.45, 2.75) is 148 Å². The summed E-state index contributed by atoms with van der Waals surface area (Å²) in [6.45, 7) is 9.18. The number of thiol groups is 2. The van der Waals surface area contributed by atoms with E-state index in [-0.39, 0.29) is 53.8 Å². The Kier molecular flexibility index (Phi) is 46.7. The number of unbranched alkanes of at least 4 members (excludes halogenated alkanes) is 12. The number of rotatable bonds is 22. The van der Waals surface area contributed by atoms with Crippen molar-refractivity contribution in [2.24, 2.45) is 0 Å². The molecule has 0 spiro atoms. The van der Waals surface area contributed by atoms with Crippen molar-refractivity contribution in [2.75, 3.05) is 11.5 Å². The van der Waals surface area contributed by atoms with E-state index in [1.165, 1.54) is 89.9 Å². The third kappa shape index (κ3) is 45.7. The molecule has 0 bridgehead atoms. The van der Waals surface area contributed by atoms with Crippen molar-refractivity contribution >= 4 is 79.5 Å². The quantitative estimate of drug-likeness (QED) is 0.0382. The molecule has 0 rings (SSSR count). The van der Waals surface area contributed by atoms with Gasteiger partial charge in [-0.05, 0) is 0 Å². The molecule has 0 unspecified atom stereocenters. The summed E-state index contributed by atoms with van der Waals surface area (Å²) in [7, 11) is 0. The van der Waals surface area contributed by atoms with Crippen LogP contribution < -0.4 is 0 Å². The van der Waals surface area contributed by atoms with Crippen LogP contribution in [-0.4, -0.2) is 65.7 Å². The molecule has 35 heavy (non-hydrogen) atoms. The minimum Gasteiger partial charge on any atom is -0.392 e. The fourth-order valence-corrected chi connectivity index (χ4v) is 11.0. The molecule has 208 valence electrons. The monoisotopic (exact) mass is 746 g/mol. The molecule has 3 nitrogen and oxygen atoms in total. The first-order chi connectivity index (χ1) is 17.0. The molecule has 0 heterocycles. The molecule has 0 fully saturated rings. The molecule has 0 aliphatic carbocycles. The van der Waals surface area contributed by atoms with Crippen LogP contribution in [0.1, 0.15) is 130 Å². The van der Waals surface area contributed by atoms with E-state index in [4.69, 9.17) is 0 Å². The molecule has 0 aliphatic rings. The molecule has 0 aromatic heterocycles. The van der Waals surface area contributed by atoms with Gasteiger partial charge in [-0.1, -0.05) is 0 Å². The minimum absolute atomic E-state index is 0.0736. The summed E-state index contributed by atoms with van der Waals surface area (Å²) in [6, 6.07) is 0. The van der Waals surface area contributed by atoms with Crippen LogP contribution >= 0.6 is 25.3 Å². The predicted octanol–water partition coefficient (Wildman–Crippen LogP) is 9.29. The normalized spacial score (nSPS) is 10.1. The average molecular weight is 744 g/mol. The van der Waals surface area contributed by atoms with Gasteiger partial charge in [-0.15, -0.1) is 0 Å². The number of carbonyl (C=O) groups excluding carboxylic acids is 2. The summed E-state index contributed by atoms with van der Waals surface area (Å²) in [5.74, 6) is -1.45. The molecular formula is C28H58O3S2Sn2. The van der Waals surface area contributed by atoms with Crippen molar-refractivity contribution in [3.8, 4) is 0 Å². The molecule has 0 N–H and O–H groups in total. The fraction of sp³-hybridized carbons (Fsp3) is 0.929. The van der Waals surface area contributed by atoms with E-state index in [0.717, 1.165) is 0 Å². The van der Waals surface area contributed by atoms with Crippen molar-refractivity contribution in [3.05, 3.63) is 0 Å². The molecule has 0 saturated heterocycles. The van der Waals surface area contributed by atoms with Gasteiger partial charge in [-0.2, -0.15) is 25.3 Å². The van der Waals surface area contributed by atoms with Crippen LogP contribution in [0.25, 0.3) is 0 Å². The van der Waals surface area contributed by atoms with Gasteiger partial charge in [-0.25, -0.2) is 0 Å². The van der Waals surface area contributed by atoms with Crippen LogP contribution in [-0.2, 0) is 14.3 Å². The number of esters is 2. The molecule has 4 radical (unpaired) electrons. The molecule has 0 aromatic rings. The van der Waals surface area contributed by atoms with Crippen LogP contribution in [0.2, 0.25) is 17.7 Å². The second kappa shape index (κ2) is 39.9. The number of ether oxygens (including phenoxy) is 1. The van der Waals surface area contributed by atoms with Crippen LogP contribution in [0.4, 0.5) is 0 Å². The fourth-order valence-electron chi connectivity index (χ4n) is 3.11. The molecular weight excluding hydrogens is 686 g/mol. The summed E-state index contributed by atoms with van der Waals surface area (Å²) in [4.78, 5) is 20.5. The molecule has 0 atom stereocenters. The van der Waals surface area contributed by atoms with E-state index in [1.807, 2.05) is 0 Å². The molecule has 0 aliphatic heterocycles. The van der Waals surface area contributed by atoms with E-state index >= 15 is 0 Å². The summed E-state index contributed by atoms with van der Waals surface area (Å²) < 4.78 is 10.7. The Hall–Kier alpha value is 1.44. The average Bonchev–Trinajstić information content (AvgIpc) is 2.87. The molecule has 0 amide bonds. The maximum atomic E-state index is 10.2. The van der Waals surface area contributed by atoms with Gasteiger partial charge in [0.15, 0.2) is 0 Å². The largest absolute Gasteiger partial charge is 0.392 e. The Labute approximate surface area is 251 Å². The summed E-state index contributed by atoms with van der Waals surface area (Å²) >= 11 is 7.38. The van der Waals surface area contributed by atoms with Gasteiger partial charge in [0.1, 0.15) is 0 Å². The maximum absolute atomic E-state index is 10.2.